The number of nitrogens with zero attached hydrogens (tertiary/aromatic N) is 4. The van der Waals surface area contributed by atoms with Gasteiger partial charge in [0.15, 0.2) is 11.2 Å². The zero-order chi connectivity index (χ0) is 22.8. The van der Waals surface area contributed by atoms with Gasteiger partial charge in [0.25, 0.3) is 5.56 Å². The lowest BCUT2D eigenvalue weighted by atomic mass is 10.2. The Kier molecular flexibility index (Phi) is 5.91. The van der Waals surface area contributed by atoms with Crippen molar-refractivity contribution < 1.29 is 13.9 Å². The minimum atomic E-state index is -0.643. The van der Waals surface area contributed by atoms with Crippen LogP contribution < -0.4 is 11.2 Å². The van der Waals surface area contributed by atoms with Gasteiger partial charge in [-0.25, -0.2) is 18.7 Å². The molecule has 0 spiro atoms. The molecule has 2 heterocycles. The van der Waals surface area contributed by atoms with Crippen LogP contribution in [0.3, 0.4) is 0 Å². The Balaban J connectivity index is 1.97. The van der Waals surface area contributed by atoms with Gasteiger partial charge in [-0.15, -0.1) is 0 Å². The second-order valence-corrected chi connectivity index (χ2v) is 7.40. The van der Waals surface area contributed by atoms with Crippen LogP contribution in [0, 0.1) is 5.82 Å². The average Bonchev–Trinajstić information content (AvgIpc) is 3.16. The van der Waals surface area contributed by atoms with E-state index in [-0.39, 0.29) is 30.9 Å². The van der Waals surface area contributed by atoms with Crippen LogP contribution in [0.2, 0.25) is 5.02 Å². The van der Waals surface area contributed by atoms with E-state index >= 15 is 0 Å². The summed E-state index contributed by atoms with van der Waals surface area (Å²) in [5.74, 6) is -0.975. The Bertz CT molecular complexity index is 1420. The zero-order valence-electron chi connectivity index (χ0n) is 17.0. The molecule has 2 aromatic heterocycles. The summed E-state index contributed by atoms with van der Waals surface area (Å²) < 4.78 is 21.9. The molecule has 32 heavy (non-hydrogen) atoms. The maximum atomic E-state index is 13.4. The fourth-order valence-electron chi connectivity index (χ4n) is 3.41. The van der Waals surface area contributed by atoms with Crippen LogP contribution in [0.5, 0.6) is 0 Å². The summed E-state index contributed by atoms with van der Waals surface area (Å²) in [5, 5.41) is 0.393. The fourth-order valence-corrected chi connectivity index (χ4v) is 3.59. The Morgan fingerprint density at radius 3 is 2.59 bits per heavy atom. The molecule has 10 heteroatoms. The number of hydrogen-bond acceptors (Lipinski definition) is 5. The Labute approximate surface area is 186 Å². The molecule has 0 bridgehead atoms. The highest BCUT2D eigenvalue weighted by molar-refractivity contribution is 6.30. The van der Waals surface area contributed by atoms with Crippen molar-refractivity contribution in [2.24, 2.45) is 0 Å². The van der Waals surface area contributed by atoms with Crippen molar-refractivity contribution in [3.8, 4) is 5.69 Å². The molecular weight excluding hydrogens is 439 g/mol. The lowest BCUT2D eigenvalue weighted by molar-refractivity contribution is -0.143. The minimum absolute atomic E-state index is 0.0553. The van der Waals surface area contributed by atoms with Crippen LogP contribution in [0.1, 0.15) is 12.5 Å². The Morgan fingerprint density at radius 2 is 1.91 bits per heavy atom. The molecule has 0 N–H and O–H groups in total. The van der Waals surface area contributed by atoms with Gasteiger partial charge >= 0.3 is 11.7 Å². The summed E-state index contributed by atoms with van der Waals surface area (Å²) in [6.07, 6.45) is 1.31. The number of hydrogen-bond donors (Lipinski definition) is 0. The molecule has 164 valence electrons. The second kappa shape index (κ2) is 8.80. The Morgan fingerprint density at radius 1 is 1.16 bits per heavy atom. The lowest BCUT2D eigenvalue weighted by Crippen LogP contribution is -2.40. The molecule has 8 nitrogen and oxygen atoms in total. The van der Waals surface area contributed by atoms with E-state index in [9.17, 15) is 18.8 Å². The predicted molar refractivity (Wildman–Crippen MR) is 117 cm³/mol. The average molecular weight is 457 g/mol. The van der Waals surface area contributed by atoms with Crippen molar-refractivity contribution in [3.05, 3.63) is 92.1 Å². The molecule has 0 amide bonds. The molecule has 0 unspecified atom stereocenters. The van der Waals surface area contributed by atoms with Crippen LogP contribution in [0.4, 0.5) is 4.39 Å². The van der Waals surface area contributed by atoms with Gasteiger partial charge in [0.05, 0.1) is 25.2 Å². The van der Waals surface area contributed by atoms with Crippen LogP contribution in [0.15, 0.2) is 64.4 Å². The maximum Gasteiger partial charge on any atom is 0.337 e. The molecule has 0 atom stereocenters. The number of aromatic nitrogens is 4. The first-order chi connectivity index (χ1) is 15.4. The number of benzene rings is 2. The first-order valence-corrected chi connectivity index (χ1v) is 10.1. The highest BCUT2D eigenvalue weighted by atomic mass is 35.5. The zero-order valence-corrected chi connectivity index (χ0v) is 17.8. The van der Waals surface area contributed by atoms with Crippen LogP contribution in [-0.2, 0) is 22.6 Å². The van der Waals surface area contributed by atoms with Crippen molar-refractivity contribution in [2.45, 2.75) is 20.0 Å². The van der Waals surface area contributed by atoms with Gasteiger partial charge in [0.1, 0.15) is 12.4 Å². The van der Waals surface area contributed by atoms with Gasteiger partial charge in [0, 0.05) is 5.02 Å². The summed E-state index contributed by atoms with van der Waals surface area (Å²) in [6.45, 7) is 1.52. The van der Waals surface area contributed by atoms with Crippen LogP contribution in [0.25, 0.3) is 16.9 Å². The van der Waals surface area contributed by atoms with Crippen molar-refractivity contribution in [1.29, 1.82) is 0 Å². The predicted octanol–water partition coefficient (Wildman–Crippen LogP) is 2.75. The quantitative estimate of drug-likeness (QED) is 0.416. The van der Waals surface area contributed by atoms with Crippen molar-refractivity contribution >= 4 is 28.7 Å². The molecule has 0 saturated carbocycles. The summed E-state index contributed by atoms with van der Waals surface area (Å²) in [7, 11) is 0. The molecule has 0 aliphatic carbocycles. The van der Waals surface area contributed by atoms with Gasteiger partial charge in [-0.05, 0) is 42.8 Å². The van der Waals surface area contributed by atoms with E-state index in [0.29, 0.717) is 16.3 Å². The molecule has 4 aromatic rings. The van der Waals surface area contributed by atoms with Gasteiger partial charge < -0.3 is 9.30 Å². The molecule has 0 radical (unpaired) electrons. The van der Waals surface area contributed by atoms with Gasteiger partial charge in [-0.1, -0.05) is 29.8 Å². The number of esters is 1. The number of carbonyl (C=O) groups excluding carboxylic acids is 1. The number of carbonyl (C=O) groups is 1. The summed E-state index contributed by atoms with van der Waals surface area (Å²) in [6, 6.07) is 12.0. The Hall–Kier alpha value is -3.72. The van der Waals surface area contributed by atoms with Gasteiger partial charge in [-0.3, -0.25) is 14.2 Å². The summed E-state index contributed by atoms with van der Waals surface area (Å²) in [4.78, 5) is 43.0. The monoisotopic (exact) mass is 456 g/mol. The van der Waals surface area contributed by atoms with E-state index < -0.39 is 23.0 Å². The molecule has 0 saturated heterocycles. The smallest absolute Gasteiger partial charge is 0.337 e. The number of ether oxygens (including phenoxy) is 1. The van der Waals surface area contributed by atoms with Crippen molar-refractivity contribution in [2.75, 3.05) is 6.61 Å². The summed E-state index contributed by atoms with van der Waals surface area (Å²) in [5.41, 5.74) is -0.174. The van der Waals surface area contributed by atoms with Crippen molar-refractivity contribution in [3.63, 3.8) is 0 Å². The van der Waals surface area contributed by atoms with Gasteiger partial charge in [0.2, 0.25) is 0 Å². The van der Waals surface area contributed by atoms with E-state index in [0.717, 1.165) is 4.57 Å². The standard InChI is InChI=1S/C22H18ClFN4O4/c1-2-32-18(29)12-26-13-25-20-19(26)21(30)27(11-14-6-8-16(24)9-7-14)22(31)28(20)17-5-3-4-15(23)10-17/h3-10,13H,2,11-12H2,1H3. The third-order valence-corrected chi connectivity index (χ3v) is 5.06. The first-order valence-electron chi connectivity index (χ1n) is 9.75. The van der Waals surface area contributed by atoms with E-state index in [1.165, 1.54) is 39.7 Å². The normalized spacial score (nSPS) is 11.1. The summed E-state index contributed by atoms with van der Waals surface area (Å²) >= 11 is 6.12. The van der Waals surface area contributed by atoms with Crippen molar-refractivity contribution in [1.82, 2.24) is 18.7 Å². The maximum absolute atomic E-state index is 13.4. The first kappa shape index (κ1) is 21.5. The van der Waals surface area contributed by atoms with E-state index in [1.807, 2.05) is 0 Å². The largest absolute Gasteiger partial charge is 0.465 e. The number of fused-ring (bicyclic) bond motifs is 1. The topological polar surface area (TPSA) is 88.1 Å². The molecule has 0 aliphatic heterocycles. The molecular formula is C22H18ClFN4O4. The molecule has 4 rings (SSSR count). The highest BCUT2D eigenvalue weighted by Gasteiger charge is 2.21. The second-order valence-electron chi connectivity index (χ2n) is 6.97. The third kappa shape index (κ3) is 4.06. The number of halogens is 2. The SMILES string of the molecule is CCOC(=O)Cn1cnc2c1c(=O)n(Cc1ccc(F)cc1)c(=O)n2-c1cccc(Cl)c1. The number of rotatable bonds is 6. The lowest BCUT2D eigenvalue weighted by Gasteiger charge is -2.13. The fraction of sp³-hybridized carbons (Fsp3) is 0.182. The van der Waals surface area contributed by atoms with E-state index in [4.69, 9.17) is 16.3 Å². The molecule has 2 aromatic carbocycles. The van der Waals surface area contributed by atoms with Crippen LogP contribution >= 0.6 is 11.6 Å². The molecule has 0 fully saturated rings. The minimum Gasteiger partial charge on any atom is -0.465 e. The molecule has 0 aliphatic rings. The van der Waals surface area contributed by atoms with Gasteiger partial charge in [-0.2, -0.15) is 0 Å². The van der Waals surface area contributed by atoms with E-state index in [2.05, 4.69) is 4.98 Å². The van der Waals surface area contributed by atoms with Crippen LogP contribution in [-0.4, -0.2) is 31.3 Å². The third-order valence-electron chi connectivity index (χ3n) is 4.83. The van der Waals surface area contributed by atoms with E-state index in [1.54, 1.807) is 31.2 Å². The number of imidazole rings is 1. The highest BCUT2D eigenvalue weighted by Crippen LogP contribution is 2.17.